The van der Waals surface area contributed by atoms with Crippen LogP contribution < -0.4 is 5.32 Å². The molecule has 1 aliphatic rings. The van der Waals surface area contributed by atoms with Crippen molar-refractivity contribution in [3.05, 3.63) is 63.6 Å². The zero-order valence-corrected chi connectivity index (χ0v) is 16.5. The number of halogens is 2. The minimum absolute atomic E-state index is 0.0307. The second-order valence-corrected chi connectivity index (χ2v) is 7.43. The van der Waals surface area contributed by atoms with Gasteiger partial charge in [0.05, 0.1) is 0 Å². The SMILES string of the molecule is O=C(Nc1ccc(Br)cc1)N1CCCN(C(=O)c2ccc(Cl)cc2)CC1. The van der Waals surface area contributed by atoms with E-state index in [4.69, 9.17) is 11.6 Å². The number of urea groups is 1. The van der Waals surface area contributed by atoms with Crippen molar-refractivity contribution in [2.45, 2.75) is 6.42 Å². The molecule has 0 aliphatic carbocycles. The van der Waals surface area contributed by atoms with Crippen LogP contribution in [0.4, 0.5) is 10.5 Å². The molecule has 0 bridgehead atoms. The first-order valence-corrected chi connectivity index (χ1v) is 9.56. The quantitative estimate of drug-likeness (QED) is 0.754. The largest absolute Gasteiger partial charge is 0.337 e. The standard InChI is InChI=1S/C19H19BrClN3O2/c20-15-4-8-17(9-5-15)22-19(26)24-11-1-10-23(12-13-24)18(25)14-2-6-16(21)7-3-14/h2-9H,1,10-13H2,(H,22,26). The molecule has 1 heterocycles. The smallest absolute Gasteiger partial charge is 0.321 e. The minimum atomic E-state index is -0.145. The van der Waals surface area contributed by atoms with Crippen molar-refractivity contribution < 1.29 is 9.59 Å². The van der Waals surface area contributed by atoms with Crippen molar-refractivity contribution in [3.8, 4) is 0 Å². The molecule has 1 fully saturated rings. The van der Waals surface area contributed by atoms with E-state index in [0.29, 0.717) is 36.8 Å². The summed E-state index contributed by atoms with van der Waals surface area (Å²) >= 11 is 9.25. The second-order valence-electron chi connectivity index (χ2n) is 6.08. The highest BCUT2D eigenvalue weighted by Gasteiger charge is 2.22. The number of rotatable bonds is 2. The van der Waals surface area contributed by atoms with Gasteiger partial charge >= 0.3 is 6.03 Å². The highest BCUT2D eigenvalue weighted by Crippen LogP contribution is 2.16. The maximum atomic E-state index is 12.6. The molecule has 1 N–H and O–H groups in total. The van der Waals surface area contributed by atoms with Gasteiger partial charge in [0.2, 0.25) is 0 Å². The predicted octanol–water partition coefficient (Wildman–Crippen LogP) is 4.48. The summed E-state index contributed by atoms with van der Waals surface area (Å²) in [5.74, 6) is -0.0307. The van der Waals surface area contributed by atoms with Gasteiger partial charge in [-0.1, -0.05) is 27.5 Å². The highest BCUT2D eigenvalue weighted by molar-refractivity contribution is 9.10. The lowest BCUT2D eigenvalue weighted by Crippen LogP contribution is -2.39. The van der Waals surface area contributed by atoms with Gasteiger partial charge in [0, 0.05) is 46.9 Å². The van der Waals surface area contributed by atoms with Crippen molar-refractivity contribution in [1.82, 2.24) is 9.80 Å². The number of carbonyl (C=O) groups is 2. The monoisotopic (exact) mass is 435 g/mol. The molecule has 0 radical (unpaired) electrons. The summed E-state index contributed by atoms with van der Waals surface area (Å²) < 4.78 is 0.960. The topological polar surface area (TPSA) is 52.7 Å². The van der Waals surface area contributed by atoms with Gasteiger partial charge in [-0.2, -0.15) is 0 Å². The van der Waals surface area contributed by atoms with E-state index in [2.05, 4.69) is 21.2 Å². The van der Waals surface area contributed by atoms with Gasteiger partial charge in [-0.3, -0.25) is 4.79 Å². The molecule has 0 aromatic heterocycles. The molecule has 3 amide bonds. The average Bonchev–Trinajstić information content (AvgIpc) is 2.90. The lowest BCUT2D eigenvalue weighted by molar-refractivity contribution is 0.0762. The fourth-order valence-corrected chi connectivity index (χ4v) is 3.22. The molecule has 2 aromatic rings. The molecule has 3 rings (SSSR count). The van der Waals surface area contributed by atoms with Crippen LogP contribution in [0.5, 0.6) is 0 Å². The first-order valence-electron chi connectivity index (χ1n) is 8.39. The number of amides is 3. The number of hydrogen-bond acceptors (Lipinski definition) is 2. The maximum Gasteiger partial charge on any atom is 0.321 e. The highest BCUT2D eigenvalue weighted by atomic mass is 79.9. The Morgan fingerprint density at radius 3 is 2.19 bits per heavy atom. The van der Waals surface area contributed by atoms with Crippen LogP contribution in [0.1, 0.15) is 16.8 Å². The predicted molar refractivity (Wildman–Crippen MR) is 107 cm³/mol. The van der Waals surface area contributed by atoms with E-state index >= 15 is 0 Å². The summed E-state index contributed by atoms with van der Waals surface area (Å²) in [6.07, 6.45) is 0.743. The number of carbonyl (C=O) groups excluding carboxylic acids is 2. The molecule has 5 nitrogen and oxygen atoms in total. The number of anilines is 1. The Morgan fingerprint density at radius 1 is 0.885 bits per heavy atom. The Morgan fingerprint density at radius 2 is 1.50 bits per heavy atom. The van der Waals surface area contributed by atoms with Crippen LogP contribution in [-0.4, -0.2) is 47.9 Å². The lowest BCUT2D eigenvalue weighted by Gasteiger charge is -2.22. The maximum absolute atomic E-state index is 12.6. The van der Waals surface area contributed by atoms with Gasteiger partial charge < -0.3 is 15.1 Å². The van der Waals surface area contributed by atoms with Gasteiger partial charge in [0.1, 0.15) is 0 Å². The van der Waals surface area contributed by atoms with Crippen LogP contribution in [0.25, 0.3) is 0 Å². The Kier molecular flexibility index (Phi) is 6.16. The number of benzene rings is 2. The lowest BCUT2D eigenvalue weighted by atomic mass is 10.2. The molecule has 2 aromatic carbocycles. The Hall–Kier alpha value is -2.05. The summed E-state index contributed by atoms with van der Waals surface area (Å²) in [6.45, 7) is 2.26. The van der Waals surface area contributed by atoms with E-state index in [1.165, 1.54) is 0 Å². The van der Waals surface area contributed by atoms with Gasteiger partial charge in [0.15, 0.2) is 0 Å². The van der Waals surface area contributed by atoms with Crippen molar-refractivity contribution in [3.63, 3.8) is 0 Å². The normalized spacial score (nSPS) is 14.7. The van der Waals surface area contributed by atoms with Crippen LogP contribution in [0.15, 0.2) is 53.0 Å². The van der Waals surface area contributed by atoms with Crippen LogP contribution >= 0.6 is 27.5 Å². The third-order valence-electron chi connectivity index (χ3n) is 4.26. The zero-order valence-electron chi connectivity index (χ0n) is 14.1. The first-order chi connectivity index (χ1) is 12.5. The first kappa shape index (κ1) is 18.7. The number of hydrogen-bond donors (Lipinski definition) is 1. The van der Waals surface area contributed by atoms with Gasteiger partial charge in [0.25, 0.3) is 5.91 Å². The molecule has 7 heteroatoms. The molecule has 136 valence electrons. The van der Waals surface area contributed by atoms with Crippen LogP contribution in [0.2, 0.25) is 5.02 Å². The van der Waals surface area contributed by atoms with E-state index in [1.54, 1.807) is 34.1 Å². The van der Waals surface area contributed by atoms with E-state index in [-0.39, 0.29) is 11.9 Å². The van der Waals surface area contributed by atoms with Crippen molar-refractivity contribution >= 4 is 45.2 Å². The molecule has 0 spiro atoms. The molecule has 0 saturated carbocycles. The fraction of sp³-hybridized carbons (Fsp3) is 0.263. The van der Waals surface area contributed by atoms with E-state index in [9.17, 15) is 9.59 Å². The molecular weight excluding hydrogens is 418 g/mol. The summed E-state index contributed by atoms with van der Waals surface area (Å²) in [5.41, 5.74) is 1.36. The summed E-state index contributed by atoms with van der Waals surface area (Å²) in [6, 6.07) is 14.2. The van der Waals surface area contributed by atoms with Crippen LogP contribution in [0.3, 0.4) is 0 Å². The van der Waals surface area contributed by atoms with Crippen LogP contribution in [0, 0.1) is 0 Å². The molecule has 26 heavy (non-hydrogen) atoms. The third kappa shape index (κ3) is 4.77. The molecule has 1 saturated heterocycles. The summed E-state index contributed by atoms with van der Waals surface area (Å²) in [4.78, 5) is 28.6. The number of nitrogens with zero attached hydrogens (tertiary/aromatic N) is 2. The minimum Gasteiger partial charge on any atom is -0.337 e. The second kappa shape index (κ2) is 8.56. The summed E-state index contributed by atoms with van der Waals surface area (Å²) in [7, 11) is 0. The van der Waals surface area contributed by atoms with E-state index in [1.807, 2.05) is 24.3 Å². The van der Waals surface area contributed by atoms with Gasteiger partial charge in [-0.15, -0.1) is 0 Å². The van der Waals surface area contributed by atoms with E-state index in [0.717, 1.165) is 16.6 Å². The average molecular weight is 437 g/mol. The van der Waals surface area contributed by atoms with Gasteiger partial charge in [-0.25, -0.2) is 4.79 Å². The Balaban J connectivity index is 1.58. The number of nitrogens with one attached hydrogen (secondary N) is 1. The summed E-state index contributed by atoms with van der Waals surface area (Å²) in [5, 5.41) is 3.50. The van der Waals surface area contributed by atoms with Crippen molar-refractivity contribution in [2.75, 3.05) is 31.5 Å². The Labute approximate surface area is 166 Å². The third-order valence-corrected chi connectivity index (χ3v) is 5.04. The molecule has 0 atom stereocenters. The molecule has 1 aliphatic heterocycles. The van der Waals surface area contributed by atoms with Crippen molar-refractivity contribution in [1.29, 1.82) is 0 Å². The zero-order chi connectivity index (χ0) is 18.5. The molecular formula is C19H19BrClN3O2. The van der Waals surface area contributed by atoms with Crippen LogP contribution in [-0.2, 0) is 0 Å². The Bertz CT molecular complexity index is 780. The van der Waals surface area contributed by atoms with Gasteiger partial charge in [-0.05, 0) is 55.0 Å². The fourth-order valence-electron chi connectivity index (χ4n) is 2.83. The molecule has 0 unspecified atom stereocenters. The van der Waals surface area contributed by atoms with E-state index < -0.39 is 0 Å². The van der Waals surface area contributed by atoms with Crippen molar-refractivity contribution in [2.24, 2.45) is 0 Å².